The van der Waals surface area contributed by atoms with E-state index in [0.717, 1.165) is 30.6 Å². The van der Waals surface area contributed by atoms with Crippen LogP contribution >= 0.6 is 0 Å². The van der Waals surface area contributed by atoms with Gasteiger partial charge >= 0.3 is 0 Å². The zero-order valence-corrected chi connectivity index (χ0v) is 14.1. The van der Waals surface area contributed by atoms with Crippen molar-refractivity contribution in [2.75, 3.05) is 13.1 Å². The molecule has 1 aliphatic heterocycles. The van der Waals surface area contributed by atoms with Gasteiger partial charge in [0.25, 0.3) is 5.89 Å². The molecule has 1 atom stereocenters. The van der Waals surface area contributed by atoms with Gasteiger partial charge in [-0.2, -0.15) is 4.98 Å². The van der Waals surface area contributed by atoms with Crippen LogP contribution in [0.1, 0.15) is 31.5 Å². The lowest BCUT2D eigenvalue weighted by atomic mass is 9.97. The number of likely N-dealkylation sites (tertiary alicyclic amines) is 1. The van der Waals surface area contributed by atoms with Crippen molar-refractivity contribution in [1.82, 2.24) is 19.6 Å². The third-order valence-electron chi connectivity index (χ3n) is 4.69. The Bertz CT molecular complexity index is 869. The number of para-hydroxylation sites is 1. The highest BCUT2D eigenvalue weighted by Gasteiger charge is 2.27. The van der Waals surface area contributed by atoms with Crippen LogP contribution in [0.3, 0.4) is 0 Å². The summed E-state index contributed by atoms with van der Waals surface area (Å²) in [5.74, 6) is 1.43. The van der Waals surface area contributed by atoms with Crippen LogP contribution in [0.15, 0.2) is 53.3 Å². The minimum absolute atomic E-state index is 0.103. The summed E-state index contributed by atoms with van der Waals surface area (Å²) < 4.78 is 7.59. The molecule has 0 saturated carbocycles. The van der Waals surface area contributed by atoms with Crippen molar-refractivity contribution >= 4 is 5.91 Å². The molecule has 0 radical (unpaired) electrons. The smallest absolute Gasteiger partial charge is 0.260 e. The van der Waals surface area contributed by atoms with Gasteiger partial charge in [-0.3, -0.25) is 4.79 Å². The number of carbonyl (C=O) groups excluding carboxylic acids is 1. The summed E-state index contributed by atoms with van der Waals surface area (Å²) >= 11 is 0. The Morgan fingerprint density at radius 3 is 2.80 bits per heavy atom. The van der Waals surface area contributed by atoms with Crippen LogP contribution in [0.2, 0.25) is 0 Å². The number of amides is 1. The Morgan fingerprint density at radius 1 is 1.20 bits per heavy atom. The molecule has 1 aromatic carbocycles. The van der Waals surface area contributed by atoms with Gasteiger partial charge < -0.3 is 14.0 Å². The molecule has 128 valence electrons. The van der Waals surface area contributed by atoms with Crippen LogP contribution in [0.4, 0.5) is 0 Å². The summed E-state index contributed by atoms with van der Waals surface area (Å²) in [6.07, 6.45) is 5.92. The molecule has 3 heterocycles. The number of carbonyl (C=O) groups is 1. The Hall–Kier alpha value is -2.89. The summed E-state index contributed by atoms with van der Waals surface area (Å²) in [5, 5.41) is 4.20. The molecule has 0 N–H and O–H groups in total. The molecular weight excluding hydrogens is 316 g/mol. The van der Waals surface area contributed by atoms with Crippen molar-refractivity contribution in [2.45, 2.75) is 25.7 Å². The molecule has 2 aromatic heterocycles. The quantitative estimate of drug-likeness (QED) is 0.736. The molecule has 1 fully saturated rings. The maximum absolute atomic E-state index is 11.6. The maximum Gasteiger partial charge on any atom is 0.260 e. The van der Waals surface area contributed by atoms with Gasteiger partial charge in [-0.05, 0) is 37.1 Å². The molecule has 3 aromatic rings. The number of hydrogen-bond acceptors (Lipinski definition) is 4. The molecular formula is C19H20N4O2. The monoisotopic (exact) mass is 336 g/mol. The fourth-order valence-corrected chi connectivity index (χ4v) is 3.36. The first-order valence-electron chi connectivity index (χ1n) is 8.54. The lowest BCUT2D eigenvalue weighted by Crippen LogP contribution is -2.37. The van der Waals surface area contributed by atoms with Gasteiger partial charge in [0.2, 0.25) is 5.91 Å². The lowest BCUT2D eigenvalue weighted by Gasteiger charge is -2.30. The van der Waals surface area contributed by atoms with Crippen LogP contribution in [-0.4, -0.2) is 38.6 Å². The molecule has 1 aliphatic rings. The Morgan fingerprint density at radius 2 is 2.00 bits per heavy atom. The van der Waals surface area contributed by atoms with E-state index in [0.29, 0.717) is 18.3 Å². The summed E-state index contributed by atoms with van der Waals surface area (Å²) in [6, 6.07) is 11.9. The topological polar surface area (TPSA) is 64.2 Å². The van der Waals surface area contributed by atoms with E-state index in [4.69, 9.17) is 4.52 Å². The second-order valence-electron chi connectivity index (χ2n) is 6.37. The van der Waals surface area contributed by atoms with Crippen LogP contribution in [-0.2, 0) is 4.79 Å². The van der Waals surface area contributed by atoms with E-state index in [9.17, 15) is 4.79 Å². The SMILES string of the molecule is CC(=O)N1CCCC(c2noc(-c3ccccc3-n3cccc3)n2)C1. The molecule has 1 unspecified atom stereocenters. The molecule has 1 amide bonds. The molecule has 25 heavy (non-hydrogen) atoms. The summed E-state index contributed by atoms with van der Waals surface area (Å²) in [6.45, 7) is 3.08. The standard InChI is InChI=1S/C19H20N4O2/c1-14(24)23-12-6-7-15(13-23)18-20-19(25-21-18)16-8-2-3-9-17(16)22-10-4-5-11-22/h2-5,8-11,15H,6-7,12-13H2,1H3. The third-order valence-corrected chi connectivity index (χ3v) is 4.69. The lowest BCUT2D eigenvalue weighted by molar-refractivity contribution is -0.130. The predicted molar refractivity (Wildman–Crippen MR) is 93.3 cm³/mol. The second-order valence-corrected chi connectivity index (χ2v) is 6.37. The van der Waals surface area contributed by atoms with Crippen molar-refractivity contribution in [1.29, 1.82) is 0 Å². The van der Waals surface area contributed by atoms with Gasteiger partial charge in [0, 0.05) is 38.3 Å². The molecule has 0 bridgehead atoms. The number of aromatic nitrogens is 3. The van der Waals surface area contributed by atoms with Crippen molar-refractivity contribution in [3.63, 3.8) is 0 Å². The maximum atomic E-state index is 11.6. The molecule has 6 nitrogen and oxygen atoms in total. The number of benzene rings is 1. The first-order valence-corrected chi connectivity index (χ1v) is 8.54. The van der Waals surface area contributed by atoms with Crippen molar-refractivity contribution in [3.05, 3.63) is 54.6 Å². The Balaban J connectivity index is 1.63. The molecule has 1 saturated heterocycles. The van der Waals surface area contributed by atoms with E-state index in [2.05, 4.69) is 10.1 Å². The van der Waals surface area contributed by atoms with Crippen LogP contribution < -0.4 is 0 Å². The number of piperidine rings is 1. The van der Waals surface area contributed by atoms with E-state index < -0.39 is 0 Å². The van der Waals surface area contributed by atoms with Crippen molar-refractivity contribution < 1.29 is 9.32 Å². The fourth-order valence-electron chi connectivity index (χ4n) is 3.36. The summed E-state index contributed by atoms with van der Waals surface area (Å²) in [7, 11) is 0. The van der Waals surface area contributed by atoms with Gasteiger partial charge in [0.1, 0.15) is 0 Å². The zero-order valence-electron chi connectivity index (χ0n) is 14.1. The highest BCUT2D eigenvalue weighted by Crippen LogP contribution is 2.29. The van der Waals surface area contributed by atoms with Gasteiger partial charge in [-0.1, -0.05) is 17.3 Å². The predicted octanol–water partition coefficient (Wildman–Crippen LogP) is 3.25. The Labute approximate surface area is 146 Å². The van der Waals surface area contributed by atoms with Crippen LogP contribution in [0.25, 0.3) is 17.1 Å². The highest BCUT2D eigenvalue weighted by atomic mass is 16.5. The van der Waals surface area contributed by atoms with Crippen LogP contribution in [0.5, 0.6) is 0 Å². The summed E-state index contributed by atoms with van der Waals surface area (Å²) in [4.78, 5) is 18.1. The minimum Gasteiger partial charge on any atom is -0.342 e. The van der Waals surface area contributed by atoms with Crippen molar-refractivity contribution in [3.8, 4) is 17.1 Å². The van der Waals surface area contributed by atoms with E-state index in [1.807, 2.05) is 58.3 Å². The number of hydrogen-bond donors (Lipinski definition) is 0. The first-order chi connectivity index (χ1) is 12.2. The van der Waals surface area contributed by atoms with Crippen molar-refractivity contribution in [2.24, 2.45) is 0 Å². The average Bonchev–Trinajstić information content (AvgIpc) is 3.34. The number of nitrogens with zero attached hydrogens (tertiary/aromatic N) is 4. The summed E-state index contributed by atoms with van der Waals surface area (Å²) in [5.41, 5.74) is 1.90. The van der Waals surface area contributed by atoms with Crippen LogP contribution in [0, 0.1) is 0 Å². The van der Waals surface area contributed by atoms with E-state index in [-0.39, 0.29) is 11.8 Å². The fraction of sp³-hybridized carbons (Fsp3) is 0.316. The van der Waals surface area contributed by atoms with E-state index in [1.165, 1.54) is 0 Å². The van der Waals surface area contributed by atoms with Gasteiger partial charge in [-0.15, -0.1) is 0 Å². The van der Waals surface area contributed by atoms with E-state index in [1.54, 1.807) is 6.92 Å². The third kappa shape index (κ3) is 3.07. The van der Waals surface area contributed by atoms with Gasteiger partial charge in [-0.25, -0.2) is 0 Å². The number of rotatable bonds is 3. The van der Waals surface area contributed by atoms with Gasteiger partial charge in [0.15, 0.2) is 5.82 Å². The van der Waals surface area contributed by atoms with Gasteiger partial charge in [0.05, 0.1) is 11.3 Å². The normalized spacial score (nSPS) is 17.6. The minimum atomic E-state index is 0.103. The van der Waals surface area contributed by atoms with E-state index >= 15 is 0 Å². The second kappa shape index (κ2) is 6.55. The molecule has 4 rings (SSSR count). The largest absolute Gasteiger partial charge is 0.342 e. The average molecular weight is 336 g/mol. The molecule has 6 heteroatoms. The molecule has 0 spiro atoms. The Kier molecular flexibility index (Phi) is 4.09. The first kappa shape index (κ1) is 15.6. The highest BCUT2D eigenvalue weighted by molar-refractivity contribution is 5.73. The molecule has 0 aliphatic carbocycles. The zero-order chi connectivity index (χ0) is 17.2.